The topological polar surface area (TPSA) is 39.9 Å². The van der Waals surface area contributed by atoms with Crippen LogP contribution in [0.15, 0.2) is 16.5 Å². The molecule has 0 radical (unpaired) electrons. The average molecular weight is 319 g/mol. The maximum absolute atomic E-state index is 13.0. The Kier molecular flexibility index (Phi) is 4.52. The molecule has 5 nitrogen and oxygen atoms in total. The van der Waals surface area contributed by atoms with Gasteiger partial charge in [-0.05, 0) is 45.5 Å². The molecule has 2 atom stereocenters. The van der Waals surface area contributed by atoms with Crippen molar-refractivity contribution in [2.45, 2.75) is 26.8 Å². The first-order chi connectivity index (χ1) is 10.9. The zero-order valence-corrected chi connectivity index (χ0v) is 14.8. The molecule has 3 heterocycles. The normalized spacial score (nSPS) is 28.7. The summed E-state index contributed by atoms with van der Waals surface area (Å²) in [4.78, 5) is 19.6. The van der Waals surface area contributed by atoms with E-state index in [1.54, 1.807) is 0 Å². The van der Waals surface area contributed by atoms with Crippen molar-refractivity contribution in [2.24, 2.45) is 11.3 Å². The number of likely N-dealkylation sites (N-methyl/N-ethyl adjacent to an activating group) is 1. The van der Waals surface area contributed by atoms with Gasteiger partial charge >= 0.3 is 0 Å². The third kappa shape index (κ3) is 3.17. The molecule has 0 unspecified atom stereocenters. The Balaban J connectivity index is 1.64. The molecule has 1 spiro atoms. The van der Waals surface area contributed by atoms with E-state index in [-0.39, 0.29) is 5.41 Å². The van der Waals surface area contributed by atoms with Crippen LogP contribution in [-0.2, 0) is 11.3 Å². The third-order valence-electron chi connectivity index (χ3n) is 5.51. The fourth-order valence-electron chi connectivity index (χ4n) is 4.09. The van der Waals surface area contributed by atoms with E-state index in [1.165, 1.54) is 0 Å². The van der Waals surface area contributed by atoms with Crippen LogP contribution in [0.4, 0.5) is 0 Å². The first-order valence-corrected chi connectivity index (χ1v) is 8.62. The van der Waals surface area contributed by atoms with Crippen LogP contribution >= 0.6 is 0 Å². The summed E-state index contributed by atoms with van der Waals surface area (Å²) in [5.74, 6) is 2.73. The van der Waals surface area contributed by atoms with Gasteiger partial charge in [0.15, 0.2) is 0 Å². The van der Waals surface area contributed by atoms with Gasteiger partial charge in [0.25, 0.3) is 0 Å². The summed E-state index contributed by atoms with van der Waals surface area (Å²) in [6, 6.07) is 4.05. The van der Waals surface area contributed by atoms with E-state index in [1.807, 2.05) is 19.1 Å². The number of aryl methyl sites for hydroxylation is 1. The number of hydrogen-bond donors (Lipinski definition) is 0. The van der Waals surface area contributed by atoms with Crippen molar-refractivity contribution < 1.29 is 9.21 Å². The van der Waals surface area contributed by atoms with Gasteiger partial charge in [0.1, 0.15) is 11.5 Å². The van der Waals surface area contributed by atoms with E-state index in [0.29, 0.717) is 11.8 Å². The monoisotopic (exact) mass is 319 g/mol. The summed E-state index contributed by atoms with van der Waals surface area (Å²) < 4.78 is 5.70. The van der Waals surface area contributed by atoms with Gasteiger partial charge in [-0.15, -0.1) is 0 Å². The van der Waals surface area contributed by atoms with E-state index >= 15 is 0 Å². The van der Waals surface area contributed by atoms with Crippen LogP contribution in [0.5, 0.6) is 0 Å². The molecule has 2 aliphatic heterocycles. The van der Waals surface area contributed by atoms with Gasteiger partial charge < -0.3 is 14.2 Å². The number of carbonyl (C=O) groups excluding carboxylic acids is 1. The van der Waals surface area contributed by atoms with Gasteiger partial charge in [-0.3, -0.25) is 9.69 Å². The second kappa shape index (κ2) is 6.29. The summed E-state index contributed by atoms with van der Waals surface area (Å²) in [6.45, 7) is 9.55. The SMILES string of the molecule is Cc1ccc(CN2C[C@H](C)[C@]3(CCN(CCN(C)C)C3=O)C2)o1. The Morgan fingerprint density at radius 2 is 2.17 bits per heavy atom. The quantitative estimate of drug-likeness (QED) is 0.830. The van der Waals surface area contributed by atoms with Crippen molar-refractivity contribution in [1.29, 1.82) is 0 Å². The lowest BCUT2D eigenvalue weighted by atomic mass is 9.78. The van der Waals surface area contributed by atoms with E-state index < -0.39 is 0 Å². The lowest BCUT2D eigenvalue weighted by Gasteiger charge is -2.27. The Hall–Kier alpha value is -1.33. The molecule has 1 aromatic heterocycles. The van der Waals surface area contributed by atoms with Crippen LogP contribution in [0.3, 0.4) is 0 Å². The molecule has 5 heteroatoms. The molecule has 2 aliphatic rings. The largest absolute Gasteiger partial charge is 0.465 e. The first-order valence-electron chi connectivity index (χ1n) is 8.62. The number of rotatable bonds is 5. The molecule has 2 saturated heterocycles. The molecule has 0 N–H and O–H groups in total. The van der Waals surface area contributed by atoms with Gasteiger partial charge in [0.05, 0.1) is 12.0 Å². The van der Waals surface area contributed by atoms with Crippen LogP contribution in [0.2, 0.25) is 0 Å². The summed E-state index contributed by atoms with van der Waals surface area (Å²) in [5.41, 5.74) is -0.173. The Morgan fingerprint density at radius 1 is 1.39 bits per heavy atom. The number of nitrogens with zero attached hydrogens (tertiary/aromatic N) is 3. The van der Waals surface area contributed by atoms with Crippen molar-refractivity contribution >= 4 is 5.91 Å². The summed E-state index contributed by atoms with van der Waals surface area (Å²) >= 11 is 0. The molecule has 2 fully saturated rings. The molecule has 1 aromatic rings. The minimum atomic E-state index is -0.173. The highest BCUT2D eigenvalue weighted by Crippen LogP contribution is 2.45. The van der Waals surface area contributed by atoms with Gasteiger partial charge in [0.2, 0.25) is 5.91 Å². The standard InChI is InChI=1S/C18H29N3O2/c1-14-11-20(12-16-6-5-15(2)23-16)13-18(14)7-8-21(17(18)22)10-9-19(3)4/h5-6,14H,7-13H2,1-4H3/t14-,18-/m0/s1. The zero-order valence-electron chi connectivity index (χ0n) is 14.8. The fourth-order valence-corrected chi connectivity index (χ4v) is 4.09. The molecule has 0 aromatic carbocycles. The maximum Gasteiger partial charge on any atom is 0.230 e. The van der Waals surface area contributed by atoms with Crippen molar-refractivity contribution in [3.05, 3.63) is 23.7 Å². The average Bonchev–Trinajstić information content (AvgIpc) is 3.11. The number of furan rings is 1. The van der Waals surface area contributed by atoms with Crippen LogP contribution in [0.25, 0.3) is 0 Å². The van der Waals surface area contributed by atoms with Gasteiger partial charge in [-0.25, -0.2) is 0 Å². The first kappa shape index (κ1) is 16.5. The van der Waals surface area contributed by atoms with E-state index in [9.17, 15) is 4.79 Å². The Morgan fingerprint density at radius 3 is 2.83 bits per heavy atom. The second-order valence-electron chi connectivity index (χ2n) is 7.58. The highest BCUT2D eigenvalue weighted by molar-refractivity contribution is 5.86. The lowest BCUT2D eigenvalue weighted by molar-refractivity contribution is -0.137. The summed E-state index contributed by atoms with van der Waals surface area (Å²) in [6.07, 6.45) is 0.994. The molecule has 1 amide bonds. The minimum absolute atomic E-state index is 0.173. The molecular formula is C18H29N3O2. The van der Waals surface area contributed by atoms with Crippen LogP contribution in [-0.4, -0.2) is 67.4 Å². The van der Waals surface area contributed by atoms with E-state index in [4.69, 9.17) is 4.42 Å². The predicted octanol–water partition coefficient (Wildman–Crippen LogP) is 1.82. The molecule has 0 aliphatic carbocycles. The zero-order chi connectivity index (χ0) is 16.6. The Labute approximate surface area is 139 Å². The number of hydrogen-bond acceptors (Lipinski definition) is 4. The molecule has 0 saturated carbocycles. The van der Waals surface area contributed by atoms with Crippen LogP contribution < -0.4 is 0 Å². The van der Waals surface area contributed by atoms with E-state index in [2.05, 4.69) is 35.7 Å². The molecule has 128 valence electrons. The maximum atomic E-state index is 13.0. The molecule has 23 heavy (non-hydrogen) atoms. The van der Waals surface area contributed by atoms with Crippen LogP contribution in [0, 0.1) is 18.3 Å². The minimum Gasteiger partial charge on any atom is -0.465 e. The fraction of sp³-hybridized carbons (Fsp3) is 0.722. The van der Waals surface area contributed by atoms with Gasteiger partial charge in [0, 0.05) is 32.7 Å². The summed E-state index contributed by atoms with van der Waals surface area (Å²) in [7, 11) is 4.11. The van der Waals surface area contributed by atoms with Crippen LogP contribution in [0.1, 0.15) is 24.9 Å². The molecular weight excluding hydrogens is 290 g/mol. The Bertz CT molecular complexity index is 568. The van der Waals surface area contributed by atoms with Gasteiger partial charge in [-0.2, -0.15) is 0 Å². The molecule has 3 rings (SSSR count). The number of likely N-dealkylation sites (tertiary alicyclic amines) is 2. The van der Waals surface area contributed by atoms with E-state index in [0.717, 1.165) is 57.2 Å². The highest BCUT2D eigenvalue weighted by Gasteiger charge is 2.54. The van der Waals surface area contributed by atoms with Crippen molar-refractivity contribution in [1.82, 2.24) is 14.7 Å². The smallest absolute Gasteiger partial charge is 0.230 e. The summed E-state index contributed by atoms with van der Waals surface area (Å²) in [5, 5.41) is 0. The number of amides is 1. The third-order valence-corrected chi connectivity index (χ3v) is 5.51. The second-order valence-corrected chi connectivity index (χ2v) is 7.58. The van der Waals surface area contributed by atoms with Crippen molar-refractivity contribution in [3.63, 3.8) is 0 Å². The predicted molar refractivity (Wildman–Crippen MR) is 90.1 cm³/mol. The molecule has 0 bridgehead atoms. The van der Waals surface area contributed by atoms with Crippen molar-refractivity contribution in [2.75, 3.05) is 46.8 Å². The van der Waals surface area contributed by atoms with Crippen molar-refractivity contribution in [3.8, 4) is 0 Å². The lowest BCUT2D eigenvalue weighted by Crippen LogP contribution is -2.41. The van der Waals surface area contributed by atoms with Gasteiger partial charge in [-0.1, -0.05) is 6.92 Å². The number of carbonyl (C=O) groups is 1. The highest BCUT2D eigenvalue weighted by atomic mass is 16.3.